The van der Waals surface area contributed by atoms with E-state index in [9.17, 15) is 14.4 Å². The third kappa shape index (κ3) is 3.91. The summed E-state index contributed by atoms with van der Waals surface area (Å²) in [4.78, 5) is 41.4. The molecule has 1 saturated carbocycles. The monoisotopic (exact) mass is 383 g/mol. The lowest BCUT2D eigenvalue weighted by Gasteiger charge is -2.28. The fraction of sp³-hybridized carbons (Fsp3) is 0.591. The molecule has 6 heteroatoms. The Labute approximate surface area is 166 Å². The van der Waals surface area contributed by atoms with Crippen LogP contribution in [0.4, 0.5) is 5.69 Å². The van der Waals surface area contributed by atoms with E-state index >= 15 is 0 Å². The highest BCUT2D eigenvalue weighted by Crippen LogP contribution is 2.26. The van der Waals surface area contributed by atoms with E-state index in [1.54, 1.807) is 21.9 Å². The summed E-state index contributed by atoms with van der Waals surface area (Å²) in [5.41, 5.74) is 1.32. The van der Waals surface area contributed by atoms with Gasteiger partial charge >= 0.3 is 0 Å². The number of carbonyl (C=O) groups is 3. The smallest absolute Gasteiger partial charge is 0.254 e. The van der Waals surface area contributed by atoms with Crippen LogP contribution in [0.3, 0.4) is 0 Å². The Hall–Kier alpha value is -2.37. The van der Waals surface area contributed by atoms with Crippen molar-refractivity contribution in [2.75, 3.05) is 18.0 Å². The van der Waals surface area contributed by atoms with Crippen LogP contribution in [0.15, 0.2) is 24.3 Å². The van der Waals surface area contributed by atoms with Gasteiger partial charge in [-0.25, -0.2) is 0 Å². The van der Waals surface area contributed by atoms with Gasteiger partial charge in [0.25, 0.3) is 5.91 Å². The minimum atomic E-state index is -0.383. The standard InChI is InChI=1S/C22H29N3O3/c26-20-12-6-13-24(20)18-10-4-7-16(15-18)22(28)25-14-5-11-19(25)21(27)23-17-8-2-1-3-9-17/h4,7,10,15,17,19H,1-3,5-6,8-9,11-14H2,(H,23,27)/t19-/m0/s1. The third-order valence-corrected chi connectivity index (χ3v) is 6.25. The van der Waals surface area contributed by atoms with Gasteiger partial charge in [0, 0.05) is 36.8 Å². The van der Waals surface area contributed by atoms with Gasteiger partial charge in [0.1, 0.15) is 6.04 Å². The van der Waals surface area contributed by atoms with Gasteiger partial charge in [-0.1, -0.05) is 25.3 Å². The Morgan fingerprint density at radius 1 is 0.964 bits per heavy atom. The number of amides is 3. The molecule has 2 heterocycles. The lowest BCUT2D eigenvalue weighted by molar-refractivity contribution is -0.125. The fourth-order valence-corrected chi connectivity index (χ4v) is 4.72. The molecule has 1 atom stereocenters. The Bertz CT molecular complexity index is 757. The molecule has 1 N–H and O–H groups in total. The Morgan fingerprint density at radius 3 is 2.54 bits per heavy atom. The number of nitrogens with one attached hydrogen (secondary N) is 1. The second-order valence-electron chi connectivity index (χ2n) is 8.20. The summed E-state index contributed by atoms with van der Waals surface area (Å²) in [5.74, 6) is -0.0195. The van der Waals surface area contributed by atoms with E-state index in [-0.39, 0.29) is 29.8 Å². The van der Waals surface area contributed by atoms with Crippen molar-refractivity contribution in [2.24, 2.45) is 0 Å². The highest BCUT2D eigenvalue weighted by Gasteiger charge is 2.35. The Kier molecular flexibility index (Phi) is 5.64. The molecule has 3 fully saturated rings. The minimum Gasteiger partial charge on any atom is -0.352 e. The van der Waals surface area contributed by atoms with E-state index in [4.69, 9.17) is 0 Å². The Morgan fingerprint density at radius 2 is 1.79 bits per heavy atom. The second-order valence-corrected chi connectivity index (χ2v) is 8.20. The summed E-state index contributed by atoms with van der Waals surface area (Å²) in [7, 11) is 0. The molecule has 2 saturated heterocycles. The van der Waals surface area contributed by atoms with Crippen LogP contribution in [0.1, 0.15) is 68.1 Å². The predicted octanol–water partition coefficient (Wildman–Crippen LogP) is 2.87. The number of hydrogen-bond donors (Lipinski definition) is 1. The van der Waals surface area contributed by atoms with Gasteiger partial charge in [-0.2, -0.15) is 0 Å². The average Bonchev–Trinajstić information content (AvgIpc) is 3.37. The SMILES string of the molecule is O=C(NC1CCCCC1)[C@@H]1CCCN1C(=O)c1cccc(N2CCCC2=O)c1. The van der Waals surface area contributed by atoms with Gasteiger partial charge in [0.05, 0.1) is 0 Å². The molecule has 0 unspecified atom stereocenters. The molecule has 28 heavy (non-hydrogen) atoms. The number of nitrogens with zero attached hydrogens (tertiary/aromatic N) is 2. The van der Waals surface area contributed by atoms with E-state index in [0.29, 0.717) is 31.5 Å². The summed E-state index contributed by atoms with van der Waals surface area (Å²) in [5, 5.41) is 3.17. The van der Waals surface area contributed by atoms with Crippen molar-refractivity contribution < 1.29 is 14.4 Å². The van der Waals surface area contributed by atoms with Crippen LogP contribution in [0.25, 0.3) is 0 Å². The molecule has 2 aliphatic heterocycles. The van der Waals surface area contributed by atoms with E-state index in [2.05, 4.69) is 5.32 Å². The molecule has 1 aromatic rings. The number of benzene rings is 1. The first-order valence-electron chi connectivity index (χ1n) is 10.7. The van der Waals surface area contributed by atoms with E-state index < -0.39 is 0 Å². The van der Waals surface area contributed by atoms with Crippen LogP contribution < -0.4 is 10.2 Å². The Balaban J connectivity index is 1.46. The van der Waals surface area contributed by atoms with Crippen molar-refractivity contribution in [1.29, 1.82) is 0 Å². The van der Waals surface area contributed by atoms with Crippen LogP contribution in [0.2, 0.25) is 0 Å². The van der Waals surface area contributed by atoms with Crippen LogP contribution >= 0.6 is 0 Å². The first-order valence-corrected chi connectivity index (χ1v) is 10.7. The molecule has 1 aliphatic carbocycles. The highest BCUT2D eigenvalue weighted by atomic mass is 16.2. The zero-order valence-electron chi connectivity index (χ0n) is 16.4. The summed E-state index contributed by atoms with van der Waals surface area (Å²) < 4.78 is 0. The first-order chi connectivity index (χ1) is 13.6. The summed E-state index contributed by atoms with van der Waals surface area (Å²) in [6.45, 7) is 1.31. The lowest BCUT2D eigenvalue weighted by atomic mass is 9.95. The summed E-state index contributed by atoms with van der Waals surface area (Å²) >= 11 is 0. The molecule has 0 spiro atoms. The maximum Gasteiger partial charge on any atom is 0.254 e. The van der Waals surface area contributed by atoms with Gasteiger partial charge in [-0.15, -0.1) is 0 Å². The highest BCUT2D eigenvalue weighted by molar-refractivity contribution is 6.00. The molecule has 3 aliphatic rings. The van der Waals surface area contributed by atoms with Gasteiger partial charge in [-0.3, -0.25) is 14.4 Å². The predicted molar refractivity (Wildman–Crippen MR) is 107 cm³/mol. The van der Waals surface area contributed by atoms with E-state index in [1.165, 1.54) is 19.3 Å². The molecule has 0 aromatic heterocycles. The zero-order valence-corrected chi connectivity index (χ0v) is 16.4. The largest absolute Gasteiger partial charge is 0.352 e. The van der Waals surface area contributed by atoms with Crippen LogP contribution in [0, 0.1) is 0 Å². The minimum absolute atomic E-state index is 0.0105. The molecule has 0 bridgehead atoms. The number of hydrogen-bond acceptors (Lipinski definition) is 3. The third-order valence-electron chi connectivity index (χ3n) is 6.25. The zero-order chi connectivity index (χ0) is 19.5. The molecule has 6 nitrogen and oxygen atoms in total. The molecule has 4 rings (SSSR count). The number of likely N-dealkylation sites (tertiary alicyclic amines) is 1. The maximum absolute atomic E-state index is 13.1. The van der Waals surface area contributed by atoms with Gasteiger partial charge in [0.2, 0.25) is 11.8 Å². The van der Waals surface area contributed by atoms with Gasteiger partial charge in [-0.05, 0) is 50.3 Å². The molecule has 0 radical (unpaired) electrons. The maximum atomic E-state index is 13.1. The van der Waals surface area contributed by atoms with Crippen molar-refractivity contribution in [3.05, 3.63) is 29.8 Å². The molecular weight excluding hydrogens is 354 g/mol. The average molecular weight is 383 g/mol. The van der Waals surface area contributed by atoms with Crippen LogP contribution in [-0.4, -0.2) is 47.8 Å². The molecule has 150 valence electrons. The number of rotatable bonds is 4. The second kappa shape index (κ2) is 8.33. The quantitative estimate of drug-likeness (QED) is 0.869. The normalized spacial score (nSPS) is 23.3. The van der Waals surface area contributed by atoms with Crippen molar-refractivity contribution in [3.63, 3.8) is 0 Å². The lowest BCUT2D eigenvalue weighted by Crippen LogP contribution is -2.49. The number of carbonyl (C=O) groups excluding carboxylic acids is 3. The van der Waals surface area contributed by atoms with Crippen LogP contribution in [-0.2, 0) is 9.59 Å². The van der Waals surface area contributed by atoms with Gasteiger partial charge in [0.15, 0.2) is 0 Å². The van der Waals surface area contributed by atoms with Crippen molar-refractivity contribution in [3.8, 4) is 0 Å². The van der Waals surface area contributed by atoms with E-state index in [0.717, 1.165) is 31.4 Å². The van der Waals surface area contributed by atoms with Crippen LogP contribution in [0.5, 0.6) is 0 Å². The van der Waals surface area contributed by atoms with Gasteiger partial charge < -0.3 is 15.1 Å². The molecule has 3 amide bonds. The molecule has 1 aromatic carbocycles. The van der Waals surface area contributed by atoms with Crippen molar-refractivity contribution in [1.82, 2.24) is 10.2 Å². The fourth-order valence-electron chi connectivity index (χ4n) is 4.72. The topological polar surface area (TPSA) is 69.7 Å². The molecular formula is C22H29N3O3. The summed E-state index contributed by atoms with van der Waals surface area (Å²) in [6, 6.07) is 7.13. The van der Waals surface area contributed by atoms with Crippen molar-refractivity contribution >= 4 is 23.4 Å². The van der Waals surface area contributed by atoms with Crippen molar-refractivity contribution in [2.45, 2.75) is 69.9 Å². The first kappa shape index (κ1) is 19.0. The van der Waals surface area contributed by atoms with E-state index in [1.807, 2.05) is 12.1 Å². The number of anilines is 1. The summed E-state index contributed by atoms with van der Waals surface area (Å²) in [6.07, 6.45) is 8.64.